The minimum atomic E-state index is -1.04. The average Bonchev–Trinajstić information content (AvgIpc) is 2.93. The number of nitrogens with zero attached hydrogens (tertiary/aromatic N) is 2. The van der Waals surface area contributed by atoms with Gasteiger partial charge in [-0.05, 0) is 25.8 Å². The van der Waals surface area contributed by atoms with Crippen molar-refractivity contribution in [3.8, 4) is 0 Å². The molecule has 1 aromatic heterocycles. The van der Waals surface area contributed by atoms with Crippen LogP contribution in [0.2, 0.25) is 0 Å². The highest BCUT2D eigenvalue weighted by Crippen LogP contribution is 2.22. The molecule has 1 aromatic rings. The standard InChI is InChI=1S/C18H26N2O5/c1-11(2)16(21)20-7-5-6-13(9-20)17(22)19(4)10-14-8-15(18(23)24)12(3)25-14/h8,11,13H,5-7,9-10H2,1-4H3,(H,23,24)/t13-/m0/s1. The van der Waals surface area contributed by atoms with E-state index >= 15 is 0 Å². The van der Waals surface area contributed by atoms with E-state index in [9.17, 15) is 14.4 Å². The number of rotatable bonds is 5. The molecular weight excluding hydrogens is 324 g/mol. The minimum absolute atomic E-state index is 0.0489. The molecule has 2 rings (SSSR count). The molecule has 2 amide bonds. The molecule has 0 aliphatic carbocycles. The van der Waals surface area contributed by atoms with E-state index in [1.807, 2.05) is 13.8 Å². The van der Waals surface area contributed by atoms with Gasteiger partial charge in [0, 0.05) is 26.1 Å². The Bertz CT molecular complexity index is 664. The molecule has 0 spiro atoms. The molecule has 1 saturated heterocycles. The number of hydrogen-bond acceptors (Lipinski definition) is 4. The van der Waals surface area contributed by atoms with Gasteiger partial charge in [0.2, 0.25) is 11.8 Å². The van der Waals surface area contributed by atoms with Crippen LogP contribution in [-0.2, 0) is 16.1 Å². The van der Waals surface area contributed by atoms with Gasteiger partial charge in [-0.3, -0.25) is 9.59 Å². The minimum Gasteiger partial charge on any atom is -0.478 e. The lowest BCUT2D eigenvalue weighted by molar-refractivity contribution is -0.142. The molecule has 1 fully saturated rings. The summed E-state index contributed by atoms with van der Waals surface area (Å²) in [6.07, 6.45) is 1.56. The summed E-state index contributed by atoms with van der Waals surface area (Å²) in [4.78, 5) is 39.2. The number of furan rings is 1. The van der Waals surface area contributed by atoms with Crippen molar-refractivity contribution >= 4 is 17.8 Å². The lowest BCUT2D eigenvalue weighted by Crippen LogP contribution is -2.46. The molecule has 7 heteroatoms. The van der Waals surface area contributed by atoms with Crippen molar-refractivity contribution in [2.45, 2.75) is 40.2 Å². The maximum Gasteiger partial charge on any atom is 0.339 e. The van der Waals surface area contributed by atoms with Gasteiger partial charge in [-0.2, -0.15) is 0 Å². The number of carboxylic acid groups (broad SMARTS) is 1. The first-order valence-electron chi connectivity index (χ1n) is 8.57. The first-order chi connectivity index (χ1) is 11.7. The Hall–Kier alpha value is -2.31. The third-order valence-electron chi connectivity index (χ3n) is 4.54. The highest BCUT2D eigenvalue weighted by atomic mass is 16.4. The number of aromatic carboxylic acids is 1. The molecule has 0 radical (unpaired) electrons. The number of hydrogen-bond donors (Lipinski definition) is 1. The number of carbonyl (C=O) groups excluding carboxylic acids is 2. The molecule has 0 bridgehead atoms. The summed E-state index contributed by atoms with van der Waals surface area (Å²) in [7, 11) is 1.67. The zero-order chi connectivity index (χ0) is 18.7. The molecule has 7 nitrogen and oxygen atoms in total. The largest absolute Gasteiger partial charge is 0.478 e. The second kappa shape index (κ2) is 7.72. The fraction of sp³-hybridized carbons (Fsp3) is 0.611. The van der Waals surface area contributed by atoms with Crippen LogP contribution >= 0.6 is 0 Å². The monoisotopic (exact) mass is 350 g/mol. The second-order valence-corrected chi connectivity index (χ2v) is 6.96. The fourth-order valence-electron chi connectivity index (χ4n) is 3.20. The van der Waals surface area contributed by atoms with E-state index in [4.69, 9.17) is 9.52 Å². The Labute approximate surface area is 147 Å². The summed E-state index contributed by atoms with van der Waals surface area (Å²) in [5.74, 6) is -0.549. The van der Waals surface area contributed by atoms with Crippen molar-refractivity contribution in [3.05, 3.63) is 23.2 Å². The molecule has 1 aliphatic heterocycles. The highest BCUT2D eigenvalue weighted by Gasteiger charge is 2.31. The summed E-state index contributed by atoms with van der Waals surface area (Å²) in [5, 5.41) is 9.07. The Kier molecular flexibility index (Phi) is 5.87. The molecule has 1 N–H and O–H groups in total. The molecule has 1 aliphatic rings. The van der Waals surface area contributed by atoms with Crippen molar-refractivity contribution in [2.24, 2.45) is 11.8 Å². The topological polar surface area (TPSA) is 91.1 Å². The van der Waals surface area contributed by atoms with Crippen molar-refractivity contribution in [2.75, 3.05) is 20.1 Å². The van der Waals surface area contributed by atoms with E-state index in [1.54, 1.807) is 18.9 Å². The second-order valence-electron chi connectivity index (χ2n) is 6.96. The van der Waals surface area contributed by atoms with Gasteiger partial charge in [-0.1, -0.05) is 13.8 Å². The molecule has 0 saturated carbocycles. The summed E-state index contributed by atoms with van der Waals surface area (Å²) in [6.45, 7) is 6.66. The normalized spacial score (nSPS) is 17.6. The molecular formula is C18H26N2O5. The lowest BCUT2D eigenvalue weighted by Gasteiger charge is -2.34. The summed E-state index contributed by atoms with van der Waals surface area (Å²) in [6, 6.07) is 1.46. The van der Waals surface area contributed by atoms with E-state index in [0.717, 1.165) is 12.8 Å². The third-order valence-corrected chi connectivity index (χ3v) is 4.54. The van der Waals surface area contributed by atoms with E-state index in [1.165, 1.54) is 11.0 Å². The molecule has 138 valence electrons. The predicted octanol–water partition coefficient (Wildman–Crippen LogP) is 2.14. The number of piperidine rings is 1. The van der Waals surface area contributed by atoms with Crippen LogP contribution in [0.5, 0.6) is 0 Å². The summed E-state index contributed by atoms with van der Waals surface area (Å²) in [5.41, 5.74) is 0.113. The Morgan fingerprint density at radius 3 is 2.64 bits per heavy atom. The van der Waals surface area contributed by atoms with Crippen molar-refractivity contribution in [1.82, 2.24) is 9.80 Å². The number of amides is 2. The number of carbonyl (C=O) groups is 3. The Morgan fingerprint density at radius 1 is 1.40 bits per heavy atom. The van der Waals surface area contributed by atoms with Gasteiger partial charge >= 0.3 is 5.97 Å². The van der Waals surface area contributed by atoms with Gasteiger partial charge in [0.1, 0.15) is 17.1 Å². The predicted molar refractivity (Wildman–Crippen MR) is 91.0 cm³/mol. The summed E-state index contributed by atoms with van der Waals surface area (Å²) >= 11 is 0. The highest BCUT2D eigenvalue weighted by molar-refractivity contribution is 5.88. The Morgan fingerprint density at radius 2 is 2.08 bits per heavy atom. The van der Waals surface area contributed by atoms with Gasteiger partial charge in [-0.15, -0.1) is 0 Å². The fourth-order valence-corrected chi connectivity index (χ4v) is 3.20. The molecule has 25 heavy (non-hydrogen) atoms. The Balaban J connectivity index is 2.00. The number of carboxylic acids is 1. The first kappa shape index (κ1) is 19.0. The van der Waals surface area contributed by atoms with Crippen molar-refractivity contribution < 1.29 is 23.9 Å². The van der Waals surface area contributed by atoms with Crippen LogP contribution < -0.4 is 0 Å². The zero-order valence-corrected chi connectivity index (χ0v) is 15.2. The van der Waals surface area contributed by atoms with Crippen LogP contribution in [0.4, 0.5) is 0 Å². The van der Waals surface area contributed by atoms with Gasteiger partial charge in [-0.25, -0.2) is 4.79 Å². The molecule has 1 atom stereocenters. The van der Waals surface area contributed by atoms with Crippen LogP contribution in [0.15, 0.2) is 10.5 Å². The van der Waals surface area contributed by atoms with Crippen LogP contribution in [0, 0.1) is 18.8 Å². The lowest BCUT2D eigenvalue weighted by atomic mass is 9.95. The van der Waals surface area contributed by atoms with Crippen LogP contribution in [0.3, 0.4) is 0 Å². The van der Waals surface area contributed by atoms with E-state index in [0.29, 0.717) is 24.6 Å². The van der Waals surface area contributed by atoms with Crippen molar-refractivity contribution in [3.63, 3.8) is 0 Å². The third kappa shape index (κ3) is 4.41. The maximum absolute atomic E-state index is 12.7. The van der Waals surface area contributed by atoms with Crippen LogP contribution in [0.25, 0.3) is 0 Å². The smallest absolute Gasteiger partial charge is 0.339 e. The van der Waals surface area contributed by atoms with Gasteiger partial charge in [0.15, 0.2) is 0 Å². The molecule has 2 heterocycles. The van der Waals surface area contributed by atoms with Gasteiger partial charge in [0.25, 0.3) is 0 Å². The summed E-state index contributed by atoms with van der Waals surface area (Å²) < 4.78 is 5.44. The first-order valence-corrected chi connectivity index (χ1v) is 8.57. The number of likely N-dealkylation sites (tertiary alicyclic amines) is 1. The van der Waals surface area contributed by atoms with Gasteiger partial charge < -0.3 is 19.3 Å². The van der Waals surface area contributed by atoms with Crippen LogP contribution in [-0.4, -0.2) is 52.8 Å². The van der Waals surface area contributed by atoms with Crippen molar-refractivity contribution in [1.29, 1.82) is 0 Å². The maximum atomic E-state index is 12.7. The van der Waals surface area contributed by atoms with E-state index in [2.05, 4.69) is 0 Å². The van der Waals surface area contributed by atoms with Gasteiger partial charge in [0.05, 0.1) is 12.5 Å². The zero-order valence-electron chi connectivity index (χ0n) is 15.2. The average molecular weight is 350 g/mol. The van der Waals surface area contributed by atoms with E-state index < -0.39 is 5.97 Å². The number of aryl methyl sites for hydroxylation is 1. The molecule has 0 unspecified atom stereocenters. The molecule has 0 aromatic carbocycles. The quantitative estimate of drug-likeness (QED) is 0.878. The van der Waals surface area contributed by atoms with Crippen LogP contribution in [0.1, 0.15) is 48.6 Å². The SMILES string of the molecule is Cc1oc(CN(C)C(=O)[C@H]2CCCN(C(=O)C(C)C)C2)cc1C(=O)O. The van der Waals surface area contributed by atoms with E-state index in [-0.39, 0.29) is 35.8 Å².